The minimum Gasteiger partial charge on any atom is -0.396 e. The number of fused-ring (bicyclic) bond motifs is 1. The molecule has 0 heterocycles. The Labute approximate surface area is 173 Å². The van der Waals surface area contributed by atoms with Gasteiger partial charge in [-0.25, -0.2) is 0 Å². The van der Waals surface area contributed by atoms with Crippen LogP contribution in [0.2, 0.25) is 0 Å². The monoisotopic (exact) mass is 393 g/mol. The molecule has 0 aliphatic rings. The highest BCUT2D eigenvalue weighted by Crippen LogP contribution is 2.24. The van der Waals surface area contributed by atoms with Gasteiger partial charge in [0.1, 0.15) is 11.6 Å². The van der Waals surface area contributed by atoms with Gasteiger partial charge in [-0.1, -0.05) is 39.0 Å². The van der Waals surface area contributed by atoms with Gasteiger partial charge in [-0.15, -0.1) is 0 Å². The first-order valence-electron chi connectivity index (χ1n) is 10.3. The molecule has 5 heteroatoms. The Balaban J connectivity index is 2.24. The van der Waals surface area contributed by atoms with Crippen molar-refractivity contribution in [3.8, 4) is 6.07 Å². The molecule has 1 amide bonds. The average Bonchev–Trinajstić information content (AvgIpc) is 2.74. The average molecular weight is 394 g/mol. The Morgan fingerprint density at radius 3 is 2.45 bits per heavy atom. The van der Waals surface area contributed by atoms with Crippen molar-refractivity contribution in [2.24, 2.45) is 5.92 Å². The van der Waals surface area contributed by atoms with Gasteiger partial charge < -0.3 is 15.3 Å². The normalized spacial score (nSPS) is 12.4. The lowest BCUT2D eigenvalue weighted by molar-refractivity contribution is -0.117. The molecule has 2 rings (SSSR count). The number of carbonyl (C=O) groups excluding carboxylic acids is 1. The van der Waals surface area contributed by atoms with Crippen molar-refractivity contribution >= 4 is 28.4 Å². The molecule has 154 valence electrons. The van der Waals surface area contributed by atoms with Gasteiger partial charge in [0.05, 0.1) is 0 Å². The van der Waals surface area contributed by atoms with Crippen LogP contribution in [0, 0.1) is 17.2 Å². The van der Waals surface area contributed by atoms with Crippen LogP contribution in [0.1, 0.15) is 39.2 Å². The zero-order valence-electron chi connectivity index (χ0n) is 17.6. The molecule has 2 N–H and O–H groups in total. The number of nitrogens with zero attached hydrogens (tertiary/aromatic N) is 2. The number of rotatable bonds is 10. The smallest absolute Gasteiger partial charge is 0.261 e. The first-order valence-corrected chi connectivity index (χ1v) is 10.3. The molecule has 0 aliphatic heterocycles. The molecule has 0 spiro atoms. The second-order valence-electron chi connectivity index (χ2n) is 7.45. The van der Waals surface area contributed by atoms with E-state index in [1.165, 1.54) is 5.69 Å². The number of hydrogen-bond acceptors (Lipinski definition) is 4. The molecular weight excluding hydrogens is 362 g/mol. The standard InChI is InChI=1S/C24H31N3O2/c1-4-10-27(11-5-2)23-9-8-20-12-19(6-7-21(20)14-23)13-22(15-25)24(29)26-16-18(3)17-28/h6-9,12-14,18,28H,4-5,10-11,16-17H2,1-3H3,(H,26,29). The van der Waals surface area contributed by atoms with Crippen LogP contribution in [0.25, 0.3) is 16.8 Å². The van der Waals surface area contributed by atoms with Gasteiger partial charge in [0.15, 0.2) is 0 Å². The minimum absolute atomic E-state index is 0.00746. The zero-order chi connectivity index (χ0) is 21.2. The number of nitrogens with one attached hydrogen (secondary N) is 1. The van der Waals surface area contributed by atoms with E-state index in [0.717, 1.165) is 42.3 Å². The fraction of sp³-hybridized carbons (Fsp3) is 0.417. The fourth-order valence-corrected chi connectivity index (χ4v) is 3.19. The van der Waals surface area contributed by atoms with Crippen molar-refractivity contribution in [2.75, 3.05) is 31.1 Å². The molecule has 2 aromatic carbocycles. The number of aliphatic hydroxyl groups is 1. The van der Waals surface area contributed by atoms with Crippen molar-refractivity contribution in [3.05, 3.63) is 47.5 Å². The molecule has 0 aliphatic carbocycles. The van der Waals surface area contributed by atoms with Crippen molar-refractivity contribution in [1.82, 2.24) is 5.32 Å². The summed E-state index contributed by atoms with van der Waals surface area (Å²) in [6, 6.07) is 14.3. The second-order valence-corrected chi connectivity index (χ2v) is 7.45. The zero-order valence-corrected chi connectivity index (χ0v) is 17.6. The lowest BCUT2D eigenvalue weighted by Gasteiger charge is -2.24. The highest BCUT2D eigenvalue weighted by Gasteiger charge is 2.11. The van der Waals surface area contributed by atoms with Gasteiger partial charge >= 0.3 is 0 Å². The van der Waals surface area contributed by atoms with Crippen LogP contribution >= 0.6 is 0 Å². The maximum atomic E-state index is 12.2. The van der Waals surface area contributed by atoms with Gasteiger partial charge in [0, 0.05) is 31.9 Å². The summed E-state index contributed by atoms with van der Waals surface area (Å²) in [6.45, 7) is 8.61. The molecule has 29 heavy (non-hydrogen) atoms. The quantitative estimate of drug-likeness (QED) is 0.470. The van der Waals surface area contributed by atoms with Crippen LogP contribution in [0.3, 0.4) is 0 Å². The first-order chi connectivity index (χ1) is 14.0. The van der Waals surface area contributed by atoms with E-state index in [1.54, 1.807) is 6.08 Å². The van der Waals surface area contributed by atoms with Crippen LogP contribution in [-0.2, 0) is 4.79 Å². The Bertz CT molecular complexity index is 893. The maximum Gasteiger partial charge on any atom is 0.261 e. The van der Waals surface area contributed by atoms with Crippen LogP contribution in [0.5, 0.6) is 0 Å². The van der Waals surface area contributed by atoms with Gasteiger partial charge in [0.25, 0.3) is 5.91 Å². The number of anilines is 1. The number of benzene rings is 2. The molecule has 2 aromatic rings. The lowest BCUT2D eigenvalue weighted by Crippen LogP contribution is -2.30. The van der Waals surface area contributed by atoms with Crippen LogP contribution < -0.4 is 10.2 Å². The Kier molecular flexibility index (Phi) is 8.69. The van der Waals surface area contributed by atoms with Gasteiger partial charge in [-0.2, -0.15) is 5.26 Å². The van der Waals surface area contributed by atoms with E-state index in [1.807, 2.05) is 31.2 Å². The summed E-state index contributed by atoms with van der Waals surface area (Å²) < 4.78 is 0. The fourth-order valence-electron chi connectivity index (χ4n) is 3.19. The molecule has 5 nitrogen and oxygen atoms in total. The van der Waals surface area contributed by atoms with Crippen LogP contribution in [0.4, 0.5) is 5.69 Å². The van der Waals surface area contributed by atoms with Gasteiger partial charge in [-0.3, -0.25) is 4.79 Å². The van der Waals surface area contributed by atoms with Crippen LogP contribution in [0.15, 0.2) is 42.0 Å². The molecule has 1 unspecified atom stereocenters. The Hall–Kier alpha value is -2.84. The molecule has 0 bridgehead atoms. The van der Waals surface area contributed by atoms with E-state index < -0.39 is 5.91 Å². The number of nitriles is 1. The largest absolute Gasteiger partial charge is 0.396 e. The summed E-state index contributed by atoms with van der Waals surface area (Å²) in [5, 5.41) is 23.3. The van der Waals surface area contributed by atoms with E-state index >= 15 is 0 Å². The van der Waals surface area contributed by atoms with Crippen LogP contribution in [-0.4, -0.2) is 37.3 Å². The van der Waals surface area contributed by atoms with Crippen molar-refractivity contribution < 1.29 is 9.90 Å². The van der Waals surface area contributed by atoms with E-state index in [2.05, 4.69) is 42.3 Å². The Morgan fingerprint density at radius 2 is 1.83 bits per heavy atom. The molecule has 1 atom stereocenters. The molecular formula is C24H31N3O2. The molecule has 0 fully saturated rings. The van der Waals surface area contributed by atoms with Crippen molar-refractivity contribution in [3.63, 3.8) is 0 Å². The van der Waals surface area contributed by atoms with Gasteiger partial charge in [-0.05, 0) is 59.4 Å². The third-order valence-corrected chi connectivity index (χ3v) is 4.80. The molecule has 0 saturated carbocycles. The molecule has 0 radical (unpaired) electrons. The third kappa shape index (κ3) is 6.33. The summed E-state index contributed by atoms with van der Waals surface area (Å²) in [5.74, 6) is -0.466. The van der Waals surface area contributed by atoms with Gasteiger partial charge in [0.2, 0.25) is 0 Å². The summed E-state index contributed by atoms with van der Waals surface area (Å²) >= 11 is 0. The predicted octanol–water partition coefficient (Wildman–Crippen LogP) is 4.12. The maximum absolute atomic E-state index is 12.2. The number of amides is 1. The predicted molar refractivity (Wildman–Crippen MR) is 120 cm³/mol. The molecule has 0 aromatic heterocycles. The summed E-state index contributed by atoms with van der Waals surface area (Å²) in [6.07, 6.45) is 3.82. The van der Waals surface area contributed by atoms with E-state index in [9.17, 15) is 10.1 Å². The highest BCUT2D eigenvalue weighted by molar-refractivity contribution is 6.02. The Morgan fingerprint density at radius 1 is 1.17 bits per heavy atom. The SMILES string of the molecule is CCCN(CCC)c1ccc2cc(C=C(C#N)C(=O)NCC(C)CO)ccc2c1. The second kappa shape index (κ2) is 11.2. The summed E-state index contributed by atoms with van der Waals surface area (Å²) in [4.78, 5) is 14.6. The highest BCUT2D eigenvalue weighted by atomic mass is 16.3. The number of aliphatic hydroxyl groups excluding tert-OH is 1. The third-order valence-electron chi connectivity index (χ3n) is 4.80. The van der Waals surface area contributed by atoms with E-state index in [4.69, 9.17) is 5.11 Å². The summed E-state index contributed by atoms with van der Waals surface area (Å²) in [7, 11) is 0. The number of carbonyl (C=O) groups is 1. The van der Waals surface area contributed by atoms with E-state index in [-0.39, 0.29) is 18.1 Å². The number of hydrogen-bond donors (Lipinski definition) is 2. The molecule has 0 saturated heterocycles. The minimum atomic E-state index is -0.419. The summed E-state index contributed by atoms with van der Waals surface area (Å²) in [5.41, 5.74) is 2.09. The van der Waals surface area contributed by atoms with Crippen molar-refractivity contribution in [2.45, 2.75) is 33.6 Å². The topological polar surface area (TPSA) is 76.4 Å². The van der Waals surface area contributed by atoms with E-state index in [0.29, 0.717) is 6.54 Å². The van der Waals surface area contributed by atoms with Crippen molar-refractivity contribution in [1.29, 1.82) is 5.26 Å². The first kappa shape index (κ1) is 22.4. The lowest BCUT2D eigenvalue weighted by atomic mass is 10.0.